The Hall–Kier alpha value is -1.77. The van der Waals surface area contributed by atoms with Crippen molar-refractivity contribution in [2.75, 3.05) is 0 Å². The summed E-state index contributed by atoms with van der Waals surface area (Å²) in [5.41, 5.74) is 4.92. The van der Waals surface area contributed by atoms with Crippen LogP contribution in [0.2, 0.25) is 5.02 Å². The van der Waals surface area contributed by atoms with E-state index in [-0.39, 0.29) is 0 Å². The van der Waals surface area contributed by atoms with Crippen LogP contribution in [0.3, 0.4) is 0 Å². The van der Waals surface area contributed by atoms with Crippen molar-refractivity contribution in [2.24, 2.45) is 0 Å². The molecule has 3 aromatic rings. The first-order valence-electron chi connectivity index (χ1n) is 6.91. The van der Waals surface area contributed by atoms with Gasteiger partial charge in [-0.3, -0.25) is 0 Å². The summed E-state index contributed by atoms with van der Waals surface area (Å²) < 4.78 is 5.76. The molecule has 3 heteroatoms. The molecule has 1 heterocycles. The summed E-state index contributed by atoms with van der Waals surface area (Å²) >= 11 is 6.12. The van der Waals surface area contributed by atoms with E-state index in [0.29, 0.717) is 16.4 Å². The van der Waals surface area contributed by atoms with Gasteiger partial charge in [-0.1, -0.05) is 35.9 Å². The average Bonchev–Trinajstić information content (AvgIpc) is 2.87. The van der Waals surface area contributed by atoms with Gasteiger partial charge >= 0.3 is 0 Å². The summed E-state index contributed by atoms with van der Waals surface area (Å²) in [7, 11) is 0. The summed E-state index contributed by atoms with van der Waals surface area (Å²) in [6, 6.07) is 11.5. The van der Waals surface area contributed by atoms with E-state index in [9.17, 15) is 5.11 Å². The van der Waals surface area contributed by atoms with Gasteiger partial charge in [0.05, 0.1) is 5.02 Å². The molecule has 0 saturated carbocycles. The van der Waals surface area contributed by atoms with Crippen molar-refractivity contribution < 1.29 is 9.52 Å². The molecule has 2 aromatic carbocycles. The predicted molar refractivity (Wildman–Crippen MR) is 85.9 cm³/mol. The van der Waals surface area contributed by atoms with Crippen LogP contribution in [0.25, 0.3) is 11.0 Å². The molecular formula is C18H17ClO2. The normalized spacial score (nSPS) is 12.8. The van der Waals surface area contributed by atoms with Crippen molar-refractivity contribution in [3.63, 3.8) is 0 Å². The Morgan fingerprint density at radius 1 is 1.00 bits per heavy atom. The third-order valence-electron chi connectivity index (χ3n) is 3.96. The molecule has 0 spiro atoms. The maximum Gasteiger partial charge on any atom is 0.153 e. The maximum absolute atomic E-state index is 10.6. The number of aliphatic hydroxyl groups excluding tert-OH is 1. The van der Waals surface area contributed by atoms with Crippen LogP contribution >= 0.6 is 11.6 Å². The molecule has 2 nitrogen and oxygen atoms in total. The third kappa shape index (κ3) is 2.45. The molecule has 1 atom stereocenters. The number of hydrogen-bond acceptors (Lipinski definition) is 2. The van der Waals surface area contributed by atoms with Gasteiger partial charge in [0.1, 0.15) is 11.9 Å². The van der Waals surface area contributed by atoms with Crippen LogP contribution in [0.5, 0.6) is 0 Å². The van der Waals surface area contributed by atoms with Crippen molar-refractivity contribution in [1.29, 1.82) is 0 Å². The van der Waals surface area contributed by atoms with Gasteiger partial charge in [-0.25, -0.2) is 0 Å². The number of halogens is 1. The van der Waals surface area contributed by atoms with Gasteiger partial charge in [-0.15, -0.1) is 0 Å². The molecule has 21 heavy (non-hydrogen) atoms. The summed E-state index contributed by atoms with van der Waals surface area (Å²) in [6.45, 7) is 6.11. The molecule has 3 rings (SSSR count). The quantitative estimate of drug-likeness (QED) is 0.715. The minimum atomic E-state index is -0.784. The van der Waals surface area contributed by atoms with E-state index in [1.165, 1.54) is 5.56 Å². The molecule has 0 radical (unpaired) electrons. The van der Waals surface area contributed by atoms with Crippen molar-refractivity contribution in [3.8, 4) is 0 Å². The Morgan fingerprint density at radius 3 is 2.43 bits per heavy atom. The number of para-hydroxylation sites is 1. The predicted octanol–water partition coefficient (Wildman–Crippen LogP) is 5.09. The number of furan rings is 1. The average molecular weight is 301 g/mol. The highest BCUT2D eigenvalue weighted by molar-refractivity contribution is 6.34. The second kappa shape index (κ2) is 5.21. The van der Waals surface area contributed by atoms with Crippen LogP contribution in [-0.2, 0) is 0 Å². The zero-order chi connectivity index (χ0) is 15.1. The number of rotatable bonds is 2. The zero-order valence-corrected chi connectivity index (χ0v) is 13.0. The van der Waals surface area contributed by atoms with Crippen LogP contribution in [0.15, 0.2) is 40.8 Å². The van der Waals surface area contributed by atoms with E-state index in [4.69, 9.17) is 16.0 Å². The highest BCUT2D eigenvalue weighted by Crippen LogP contribution is 2.33. The minimum Gasteiger partial charge on any atom is -0.456 e. The Balaban J connectivity index is 2.10. The number of aryl methyl sites for hydroxylation is 3. The second-order valence-corrected chi connectivity index (χ2v) is 5.91. The Labute approximate surface area is 129 Å². The number of hydrogen-bond donors (Lipinski definition) is 1. The molecular weight excluding hydrogens is 284 g/mol. The molecule has 108 valence electrons. The lowest BCUT2D eigenvalue weighted by Crippen LogP contribution is -2.02. The van der Waals surface area contributed by atoms with Crippen LogP contribution < -0.4 is 0 Å². The lowest BCUT2D eigenvalue weighted by Gasteiger charge is -2.14. The summed E-state index contributed by atoms with van der Waals surface area (Å²) in [5, 5.41) is 12.1. The molecule has 0 fully saturated rings. The summed E-state index contributed by atoms with van der Waals surface area (Å²) in [5.74, 6) is 0.518. The van der Waals surface area contributed by atoms with Crippen LogP contribution in [0.1, 0.15) is 34.1 Å². The number of benzene rings is 2. The van der Waals surface area contributed by atoms with Gasteiger partial charge in [-0.2, -0.15) is 0 Å². The molecule has 0 aliphatic heterocycles. The molecule has 0 saturated heterocycles. The van der Waals surface area contributed by atoms with Crippen molar-refractivity contribution in [3.05, 3.63) is 69.4 Å². The van der Waals surface area contributed by atoms with E-state index in [1.807, 2.05) is 38.1 Å². The first-order valence-corrected chi connectivity index (χ1v) is 7.29. The molecule has 1 N–H and O–H groups in total. The lowest BCUT2D eigenvalue weighted by molar-refractivity contribution is 0.191. The second-order valence-electron chi connectivity index (χ2n) is 5.50. The molecule has 0 bridgehead atoms. The van der Waals surface area contributed by atoms with E-state index < -0.39 is 6.10 Å². The van der Waals surface area contributed by atoms with Crippen molar-refractivity contribution in [2.45, 2.75) is 26.9 Å². The minimum absolute atomic E-state index is 0.518. The number of fused-ring (bicyclic) bond motifs is 1. The third-order valence-corrected chi connectivity index (χ3v) is 4.26. The van der Waals surface area contributed by atoms with Crippen LogP contribution in [-0.4, -0.2) is 5.11 Å². The van der Waals surface area contributed by atoms with Gasteiger partial charge in [0.2, 0.25) is 0 Å². The molecule has 0 aliphatic rings. The van der Waals surface area contributed by atoms with E-state index >= 15 is 0 Å². The zero-order valence-electron chi connectivity index (χ0n) is 12.3. The summed E-state index contributed by atoms with van der Waals surface area (Å²) in [6.07, 6.45) is -0.784. The van der Waals surface area contributed by atoms with E-state index in [2.05, 4.69) is 13.0 Å². The van der Waals surface area contributed by atoms with Gasteiger partial charge < -0.3 is 9.52 Å². The van der Waals surface area contributed by atoms with Crippen molar-refractivity contribution >= 4 is 22.6 Å². The standard InChI is InChI=1S/C18H17ClO2/c1-10-7-12(3)14(8-11(10)2)17(20)16-9-13-5-4-6-15(19)18(13)21-16/h4-9,17,20H,1-3H3. The lowest BCUT2D eigenvalue weighted by atomic mass is 9.96. The molecule has 1 aromatic heterocycles. The smallest absolute Gasteiger partial charge is 0.153 e. The topological polar surface area (TPSA) is 33.4 Å². The van der Waals surface area contributed by atoms with Crippen LogP contribution in [0, 0.1) is 20.8 Å². The summed E-state index contributed by atoms with van der Waals surface area (Å²) in [4.78, 5) is 0. The largest absolute Gasteiger partial charge is 0.456 e. The Morgan fingerprint density at radius 2 is 1.71 bits per heavy atom. The maximum atomic E-state index is 10.6. The molecule has 0 aliphatic carbocycles. The fourth-order valence-electron chi connectivity index (χ4n) is 2.61. The first-order chi connectivity index (χ1) is 9.97. The van der Waals surface area contributed by atoms with Crippen LogP contribution in [0.4, 0.5) is 0 Å². The van der Waals surface area contributed by atoms with Gasteiger partial charge in [0.25, 0.3) is 0 Å². The van der Waals surface area contributed by atoms with E-state index in [0.717, 1.165) is 22.1 Å². The molecule has 1 unspecified atom stereocenters. The van der Waals surface area contributed by atoms with E-state index in [1.54, 1.807) is 6.07 Å². The van der Waals surface area contributed by atoms with Gasteiger partial charge in [0.15, 0.2) is 5.58 Å². The Kier molecular flexibility index (Phi) is 3.52. The fourth-order valence-corrected chi connectivity index (χ4v) is 2.83. The highest BCUT2D eigenvalue weighted by Gasteiger charge is 2.19. The number of aliphatic hydroxyl groups is 1. The fraction of sp³-hybridized carbons (Fsp3) is 0.222. The van der Waals surface area contributed by atoms with Gasteiger partial charge in [0, 0.05) is 5.39 Å². The molecule has 0 amide bonds. The van der Waals surface area contributed by atoms with Crippen molar-refractivity contribution in [1.82, 2.24) is 0 Å². The van der Waals surface area contributed by atoms with Gasteiger partial charge in [-0.05, 0) is 55.2 Å². The first kappa shape index (κ1) is 14.2. The highest BCUT2D eigenvalue weighted by atomic mass is 35.5. The SMILES string of the molecule is Cc1cc(C)c(C(O)c2cc3cccc(Cl)c3o2)cc1C. The monoisotopic (exact) mass is 300 g/mol. The Bertz CT molecular complexity index is 817.